The molecule has 0 aromatic carbocycles. The highest BCUT2D eigenvalue weighted by atomic mass is 127. The first-order valence-corrected chi connectivity index (χ1v) is 8.08. The second-order valence-electron chi connectivity index (χ2n) is 6.45. The van der Waals surface area contributed by atoms with E-state index in [1.54, 1.807) is 17.3 Å². The van der Waals surface area contributed by atoms with Crippen molar-refractivity contribution < 1.29 is 14.6 Å². The summed E-state index contributed by atoms with van der Waals surface area (Å²) in [6, 6.07) is 1.91. The highest BCUT2D eigenvalue weighted by Gasteiger charge is 2.52. The summed E-state index contributed by atoms with van der Waals surface area (Å²) in [4.78, 5) is 17.2. The number of nitrogens with zero attached hydrogens (tertiary/aromatic N) is 2. The molecule has 1 amide bonds. The summed E-state index contributed by atoms with van der Waals surface area (Å²) in [7, 11) is 0. The van der Waals surface area contributed by atoms with E-state index in [0.717, 1.165) is 16.4 Å². The monoisotopic (exact) mass is 404 g/mol. The number of carboxylic acid groups (broad SMARTS) is 1. The number of carbonyl (C=O) groups is 1. The fourth-order valence-corrected chi connectivity index (χ4v) is 3.45. The molecule has 1 fully saturated rings. The molecule has 0 bridgehead atoms. The Balaban J connectivity index is 2.24. The van der Waals surface area contributed by atoms with Crippen LogP contribution in [-0.2, 0) is 0 Å². The molecule has 5 nitrogen and oxygen atoms in total. The van der Waals surface area contributed by atoms with E-state index in [4.69, 9.17) is 4.74 Å². The van der Waals surface area contributed by atoms with Crippen LogP contribution in [0.4, 0.5) is 4.79 Å². The normalized spacial score (nSPS) is 22.4. The summed E-state index contributed by atoms with van der Waals surface area (Å²) in [6.45, 7) is 7.14. The zero-order valence-electron chi connectivity index (χ0n) is 12.6. The van der Waals surface area contributed by atoms with E-state index in [1.165, 1.54) is 0 Å². The van der Waals surface area contributed by atoms with Crippen molar-refractivity contribution in [2.24, 2.45) is 5.41 Å². The molecule has 1 aromatic heterocycles. The smallest absolute Gasteiger partial charge is 0.407 e. The Kier molecular flexibility index (Phi) is 4.65. The first kappa shape index (κ1) is 16.3. The van der Waals surface area contributed by atoms with E-state index >= 15 is 0 Å². The third-order valence-electron chi connectivity index (χ3n) is 4.27. The van der Waals surface area contributed by atoms with Crippen LogP contribution in [-0.4, -0.2) is 39.8 Å². The molecule has 0 unspecified atom stereocenters. The summed E-state index contributed by atoms with van der Waals surface area (Å²) in [5.41, 5.74) is -0.697. The van der Waals surface area contributed by atoms with Crippen LogP contribution in [0.1, 0.15) is 33.6 Å². The van der Waals surface area contributed by atoms with Gasteiger partial charge in [0, 0.05) is 16.3 Å². The maximum Gasteiger partial charge on any atom is 0.407 e. The van der Waals surface area contributed by atoms with Crippen LogP contribution < -0.4 is 4.74 Å². The molecule has 116 valence electrons. The quantitative estimate of drug-likeness (QED) is 0.782. The van der Waals surface area contributed by atoms with Crippen molar-refractivity contribution in [1.82, 2.24) is 9.88 Å². The molecule has 0 aliphatic carbocycles. The topological polar surface area (TPSA) is 62.7 Å². The molecule has 0 spiro atoms. The van der Waals surface area contributed by atoms with E-state index in [9.17, 15) is 9.90 Å². The van der Waals surface area contributed by atoms with Gasteiger partial charge in [-0.05, 0) is 46.9 Å². The zero-order valence-corrected chi connectivity index (χ0v) is 14.8. The van der Waals surface area contributed by atoms with E-state index in [0.29, 0.717) is 18.9 Å². The largest absolute Gasteiger partial charge is 0.489 e. The number of ether oxygens (including phenoxy) is 1. The number of likely N-dealkylation sites (tertiary alicyclic amines) is 1. The molecule has 1 aromatic rings. The van der Waals surface area contributed by atoms with Crippen molar-refractivity contribution in [3.63, 3.8) is 0 Å². The zero-order chi connectivity index (χ0) is 15.7. The molecule has 1 saturated heterocycles. The van der Waals surface area contributed by atoms with E-state index in [1.807, 2.05) is 6.07 Å². The van der Waals surface area contributed by atoms with Gasteiger partial charge in [-0.3, -0.25) is 9.88 Å². The van der Waals surface area contributed by atoms with Crippen LogP contribution >= 0.6 is 22.6 Å². The van der Waals surface area contributed by atoms with Crippen LogP contribution in [0.15, 0.2) is 18.5 Å². The Bertz CT molecular complexity index is 530. The van der Waals surface area contributed by atoms with E-state index in [2.05, 4.69) is 48.3 Å². The maximum absolute atomic E-state index is 11.6. The average Bonchev–Trinajstić information content (AvgIpc) is 2.81. The Morgan fingerprint density at radius 1 is 1.52 bits per heavy atom. The summed E-state index contributed by atoms with van der Waals surface area (Å²) in [6.07, 6.45) is 4.24. The standard InChI is InChI=1S/C15H21IN2O3/c1-14(2,3)15(5-4-6-18(15)13(19)20)10-21-12-7-11(16)8-17-9-12/h7-9H,4-6,10H2,1-3H3,(H,19,20)/t15-/m0/s1. The fraction of sp³-hybridized carbons (Fsp3) is 0.600. The molecule has 0 radical (unpaired) electrons. The molecule has 21 heavy (non-hydrogen) atoms. The second kappa shape index (κ2) is 5.98. The fourth-order valence-electron chi connectivity index (χ4n) is 2.98. The molecule has 0 saturated carbocycles. The van der Waals surface area contributed by atoms with Gasteiger partial charge in [0.15, 0.2) is 0 Å². The van der Waals surface area contributed by atoms with Crippen LogP contribution in [0.3, 0.4) is 0 Å². The number of hydrogen-bond acceptors (Lipinski definition) is 3. The average molecular weight is 404 g/mol. The Labute approximate surface area is 138 Å². The van der Waals surface area contributed by atoms with Crippen molar-refractivity contribution in [1.29, 1.82) is 0 Å². The highest BCUT2D eigenvalue weighted by Crippen LogP contribution is 2.44. The SMILES string of the molecule is CC(C)(C)[C@@]1(COc2cncc(I)c2)CCCN1C(=O)O. The number of rotatable bonds is 3. The summed E-state index contributed by atoms with van der Waals surface area (Å²) in [5, 5.41) is 9.51. The number of amides is 1. The van der Waals surface area contributed by atoms with Gasteiger partial charge >= 0.3 is 6.09 Å². The number of aromatic nitrogens is 1. The predicted molar refractivity (Wildman–Crippen MR) is 88.6 cm³/mol. The van der Waals surface area contributed by atoms with Gasteiger partial charge in [-0.2, -0.15) is 0 Å². The van der Waals surface area contributed by atoms with Gasteiger partial charge in [0.2, 0.25) is 0 Å². The van der Waals surface area contributed by atoms with Gasteiger partial charge < -0.3 is 9.84 Å². The van der Waals surface area contributed by atoms with E-state index in [-0.39, 0.29) is 5.41 Å². The first-order valence-electron chi connectivity index (χ1n) is 7.00. The minimum absolute atomic E-state index is 0.197. The highest BCUT2D eigenvalue weighted by molar-refractivity contribution is 14.1. The molecule has 1 aliphatic heterocycles. The molecule has 2 heterocycles. The molecular formula is C15H21IN2O3. The lowest BCUT2D eigenvalue weighted by atomic mass is 9.72. The van der Waals surface area contributed by atoms with Gasteiger partial charge in [-0.25, -0.2) is 4.79 Å². The maximum atomic E-state index is 11.6. The lowest BCUT2D eigenvalue weighted by Gasteiger charge is -2.46. The molecule has 1 aliphatic rings. The van der Waals surface area contributed by atoms with Crippen molar-refractivity contribution in [3.8, 4) is 5.75 Å². The van der Waals surface area contributed by atoms with Gasteiger partial charge in [0.1, 0.15) is 12.4 Å². The Hall–Kier alpha value is -1.05. The van der Waals surface area contributed by atoms with Crippen molar-refractivity contribution in [3.05, 3.63) is 22.0 Å². The molecule has 6 heteroatoms. The Morgan fingerprint density at radius 3 is 2.81 bits per heavy atom. The number of pyridine rings is 1. The van der Waals surface area contributed by atoms with Crippen molar-refractivity contribution >= 4 is 28.7 Å². The van der Waals surface area contributed by atoms with Gasteiger partial charge in [0.05, 0.1) is 11.7 Å². The lowest BCUT2D eigenvalue weighted by molar-refractivity contribution is -0.00377. The third-order valence-corrected chi connectivity index (χ3v) is 4.86. The number of halogens is 1. The van der Waals surface area contributed by atoms with Gasteiger partial charge in [0.25, 0.3) is 0 Å². The summed E-state index contributed by atoms with van der Waals surface area (Å²) >= 11 is 2.18. The molecular weight excluding hydrogens is 383 g/mol. The van der Waals surface area contributed by atoms with Crippen LogP contribution in [0.2, 0.25) is 0 Å². The van der Waals surface area contributed by atoms with E-state index < -0.39 is 11.6 Å². The molecule has 1 atom stereocenters. The minimum atomic E-state index is -0.869. The third kappa shape index (κ3) is 3.25. The van der Waals surface area contributed by atoms with Crippen LogP contribution in [0.5, 0.6) is 5.75 Å². The van der Waals surface area contributed by atoms with Crippen LogP contribution in [0.25, 0.3) is 0 Å². The van der Waals surface area contributed by atoms with Crippen LogP contribution in [0, 0.1) is 8.99 Å². The second-order valence-corrected chi connectivity index (χ2v) is 7.69. The summed E-state index contributed by atoms with van der Waals surface area (Å²) in [5.74, 6) is 0.683. The molecule has 2 rings (SSSR count). The summed E-state index contributed by atoms with van der Waals surface area (Å²) < 4.78 is 6.91. The van der Waals surface area contributed by atoms with Gasteiger partial charge in [-0.1, -0.05) is 20.8 Å². The van der Waals surface area contributed by atoms with Crippen molar-refractivity contribution in [2.45, 2.75) is 39.2 Å². The van der Waals surface area contributed by atoms with Gasteiger partial charge in [-0.15, -0.1) is 0 Å². The Morgan fingerprint density at radius 2 is 2.24 bits per heavy atom. The first-order chi connectivity index (χ1) is 9.76. The predicted octanol–water partition coefficient (Wildman–Crippen LogP) is 3.62. The minimum Gasteiger partial charge on any atom is -0.489 e. The van der Waals surface area contributed by atoms with Crippen molar-refractivity contribution in [2.75, 3.05) is 13.2 Å². The lowest BCUT2D eigenvalue weighted by Crippen LogP contribution is -2.58. The number of hydrogen-bond donors (Lipinski definition) is 1. The molecule has 1 N–H and O–H groups in total.